The molecule has 0 saturated heterocycles. The van der Waals surface area contributed by atoms with Gasteiger partial charge in [0, 0.05) is 47.4 Å². The quantitative estimate of drug-likeness (QED) is 0.174. The minimum absolute atomic E-state index is 0.369. The van der Waals surface area contributed by atoms with Crippen molar-refractivity contribution in [1.29, 1.82) is 5.26 Å². The lowest BCUT2D eigenvalue weighted by Gasteiger charge is -2.20. The summed E-state index contributed by atoms with van der Waals surface area (Å²) in [6, 6.07) is 50.6. The molecule has 4 heterocycles. The molecule has 7 heteroatoms. The van der Waals surface area contributed by atoms with Gasteiger partial charge in [0.05, 0.1) is 56.2 Å². The van der Waals surface area contributed by atoms with Crippen LogP contribution >= 0.6 is 11.3 Å². The van der Waals surface area contributed by atoms with Crippen molar-refractivity contribution in [3.05, 3.63) is 162 Å². The van der Waals surface area contributed by atoms with E-state index in [9.17, 15) is 14.9 Å². The summed E-state index contributed by atoms with van der Waals surface area (Å²) >= 11 is 1.81. The number of carbonyl (C=O) groups excluding carboxylic acids is 2. The Balaban J connectivity index is 1.23. The van der Waals surface area contributed by atoms with Crippen molar-refractivity contribution in [1.82, 2.24) is 9.13 Å². The third kappa shape index (κ3) is 3.76. The van der Waals surface area contributed by atoms with E-state index in [0.717, 1.165) is 49.3 Å². The van der Waals surface area contributed by atoms with E-state index in [1.54, 1.807) is 42.5 Å². The largest absolute Gasteiger partial charge is 0.309 e. The second-order valence-electron chi connectivity index (χ2n) is 13.1. The minimum Gasteiger partial charge on any atom is -0.309 e. The summed E-state index contributed by atoms with van der Waals surface area (Å²) in [5.41, 5.74) is 7.23. The number of aromatic nitrogens is 2. The molecule has 0 atom stereocenters. The summed E-state index contributed by atoms with van der Waals surface area (Å²) < 4.78 is 6.97. The van der Waals surface area contributed by atoms with Gasteiger partial charge in [0.25, 0.3) is 11.8 Å². The molecule has 52 heavy (non-hydrogen) atoms. The van der Waals surface area contributed by atoms with Gasteiger partial charge in [-0.25, -0.2) is 4.90 Å². The molecule has 2 amide bonds. The maximum Gasteiger partial charge on any atom is 0.266 e. The zero-order valence-corrected chi connectivity index (χ0v) is 28.2. The predicted octanol–water partition coefficient (Wildman–Crippen LogP) is 10.9. The smallest absolute Gasteiger partial charge is 0.266 e. The van der Waals surface area contributed by atoms with Crippen LogP contribution in [0.5, 0.6) is 0 Å². The van der Waals surface area contributed by atoms with Crippen molar-refractivity contribution in [2.75, 3.05) is 4.90 Å². The maximum absolute atomic E-state index is 13.8. The monoisotopic (exact) mass is 684 g/mol. The zero-order valence-electron chi connectivity index (χ0n) is 27.4. The fraction of sp³-hybridized carbons (Fsp3) is 0. The number of nitrogens with zero attached hydrogens (tertiary/aromatic N) is 4. The molecule has 1 aliphatic rings. The Kier molecular flexibility index (Phi) is 5.81. The molecule has 3 aromatic heterocycles. The Morgan fingerprint density at radius 1 is 0.481 bits per heavy atom. The van der Waals surface area contributed by atoms with E-state index in [1.807, 2.05) is 23.5 Å². The number of hydrogen-bond donors (Lipinski definition) is 0. The van der Waals surface area contributed by atoms with Crippen molar-refractivity contribution in [2.24, 2.45) is 0 Å². The van der Waals surface area contributed by atoms with Crippen molar-refractivity contribution < 1.29 is 9.59 Å². The number of amides is 2. The Labute approximate surface area is 300 Å². The highest BCUT2D eigenvalue weighted by Gasteiger charge is 2.38. The minimum atomic E-state index is -0.381. The molecule has 0 saturated carbocycles. The Hall–Kier alpha value is -7.01. The molecule has 242 valence electrons. The predicted molar refractivity (Wildman–Crippen MR) is 210 cm³/mol. The molecule has 0 radical (unpaired) electrons. The van der Waals surface area contributed by atoms with E-state index in [1.165, 1.54) is 25.1 Å². The van der Waals surface area contributed by atoms with Crippen LogP contribution in [0.2, 0.25) is 0 Å². The highest BCUT2D eigenvalue weighted by Crippen LogP contribution is 2.45. The Bertz CT molecular complexity index is 3230. The molecule has 0 unspecified atom stereocenters. The average Bonchev–Trinajstić information content (AvgIpc) is 3.91. The van der Waals surface area contributed by atoms with Gasteiger partial charge in [-0.2, -0.15) is 5.26 Å². The van der Waals surface area contributed by atoms with E-state index in [-0.39, 0.29) is 11.8 Å². The molecule has 11 rings (SSSR count). The lowest BCUT2D eigenvalue weighted by atomic mass is 10.1. The van der Waals surface area contributed by atoms with Crippen LogP contribution in [0.15, 0.2) is 146 Å². The molecule has 0 aliphatic carbocycles. The van der Waals surface area contributed by atoms with Crippen molar-refractivity contribution in [3.8, 4) is 17.4 Å². The van der Waals surface area contributed by atoms with Gasteiger partial charge in [-0.05, 0) is 78.9 Å². The first-order valence-corrected chi connectivity index (χ1v) is 17.8. The number of fused-ring (bicyclic) bond motifs is 11. The molecular weight excluding hydrogens is 661 g/mol. The first-order valence-electron chi connectivity index (χ1n) is 17.0. The van der Waals surface area contributed by atoms with Gasteiger partial charge in [-0.3, -0.25) is 9.59 Å². The molecule has 0 N–H and O–H groups in total. The van der Waals surface area contributed by atoms with Crippen LogP contribution in [0.4, 0.5) is 5.69 Å². The lowest BCUT2D eigenvalue weighted by Crippen LogP contribution is -2.30. The third-order valence-corrected chi connectivity index (χ3v) is 11.6. The molecular formula is C45H24N4O2S. The Morgan fingerprint density at radius 2 is 1.06 bits per heavy atom. The second-order valence-corrected chi connectivity index (χ2v) is 14.2. The number of imide groups is 1. The van der Waals surface area contributed by atoms with Crippen LogP contribution in [0.25, 0.3) is 75.2 Å². The molecule has 0 bridgehead atoms. The lowest BCUT2D eigenvalue weighted by molar-refractivity contribution is 0.0926. The van der Waals surface area contributed by atoms with Gasteiger partial charge in [0.1, 0.15) is 0 Å². The summed E-state index contributed by atoms with van der Waals surface area (Å²) in [6.07, 6.45) is 0. The van der Waals surface area contributed by atoms with Gasteiger partial charge in [-0.1, -0.05) is 66.7 Å². The fourth-order valence-electron chi connectivity index (χ4n) is 8.28. The van der Waals surface area contributed by atoms with Crippen LogP contribution < -0.4 is 4.90 Å². The highest BCUT2D eigenvalue weighted by atomic mass is 32.1. The summed E-state index contributed by atoms with van der Waals surface area (Å²) in [5.74, 6) is -0.763. The molecule has 6 nitrogen and oxygen atoms in total. The molecule has 0 fully saturated rings. The molecule has 10 aromatic rings. The summed E-state index contributed by atoms with van der Waals surface area (Å²) in [4.78, 5) is 28.9. The zero-order chi connectivity index (χ0) is 34.7. The first kappa shape index (κ1) is 28.8. The third-order valence-electron chi connectivity index (χ3n) is 10.5. The SMILES string of the molecule is N#Cc1ccc(N2C(=O)c3ccccc3C2=O)c(-n2c3ccccc3c3c4c5ccccc5n(-c5ccc6sc7ccccc7c6c5)c4ccc32)c1. The van der Waals surface area contributed by atoms with Crippen LogP contribution in [0.3, 0.4) is 0 Å². The van der Waals surface area contributed by atoms with Crippen LogP contribution in [0.1, 0.15) is 26.3 Å². The number of para-hydroxylation sites is 2. The van der Waals surface area contributed by atoms with Crippen molar-refractivity contribution >= 4 is 92.6 Å². The van der Waals surface area contributed by atoms with Crippen LogP contribution in [0, 0.1) is 11.3 Å². The standard InChI is InChI=1S/C45H24N4O2S/c46-25-26-17-19-36(49-44(50)29-10-1-2-11-30(29)45(49)51)39(23-26)48-35-15-7-4-13-32(35)43-38(48)21-20-37-42(43)31-12-3-6-14-34(31)47(37)27-18-22-41-33(24-27)28-9-5-8-16-40(28)52-41/h1-24H. The van der Waals surface area contributed by atoms with Crippen LogP contribution in [-0.4, -0.2) is 20.9 Å². The summed E-state index contributed by atoms with van der Waals surface area (Å²) in [5, 5.41) is 16.9. The van der Waals surface area contributed by atoms with E-state index in [0.29, 0.717) is 28.1 Å². The summed E-state index contributed by atoms with van der Waals surface area (Å²) in [7, 11) is 0. The van der Waals surface area contributed by atoms with Crippen molar-refractivity contribution in [3.63, 3.8) is 0 Å². The van der Waals surface area contributed by atoms with E-state index in [2.05, 4.69) is 106 Å². The van der Waals surface area contributed by atoms with Crippen LogP contribution in [-0.2, 0) is 0 Å². The number of anilines is 1. The average molecular weight is 685 g/mol. The number of rotatable bonds is 3. The number of benzene rings is 7. The van der Waals surface area contributed by atoms with E-state index in [4.69, 9.17) is 0 Å². The van der Waals surface area contributed by atoms with E-state index >= 15 is 0 Å². The first-order chi connectivity index (χ1) is 25.6. The molecule has 1 aliphatic heterocycles. The van der Waals surface area contributed by atoms with E-state index < -0.39 is 0 Å². The van der Waals surface area contributed by atoms with Gasteiger partial charge in [0.15, 0.2) is 0 Å². The normalized spacial score (nSPS) is 13.0. The van der Waals surface area contributed by atoms with Gasteiger partial charge < -0.3 is 9.13 Å². The van der Waals surface area contributed by atoms with Gasteiger partial charge >= 0.3 is 0 Å². The van der Waals surface area contributed by atoms with Gasteiger partial charge in [0.2, 0.25) is 0 Å². The maximum atomic E-state index is 13.8. The number of nitriles is 1. The fourth-order valence-corrected chi connectivity index (χ4v) is 9.36. The topological polar surface area (TPSA) is 71.0 Å². The number of thiophene rings is 1. The second kappa shape index (κ2) is 10.5. The Morgan fingerprint density at radius 3 is 1.75 bits per heavy atom. The molecule has 0 spiro atoms. The van der Waals surface area contributed by atoms with Gasteiger partial charge in [-0.15, -0.1) is 11.3 Å². The highest BCUT2D eigenvalue weighted by molar-refractivity contribution is 7.25. The van der Waals surface area contributed by atoms with Crippen molar-refractivity contribution in [2.45, 2.75) is 0 Å². The number of carbonyl (C=O) groups is 2. The summed E-state index contributed by atoms with van der Waals surface area (Å²) in [6.45, 7) is 0. The molecule has 7 aromatic carbocycles. The number of hydrogen-bond acceptors (Lipinski definition) is 4.